The monoisotopic (exact) mass is 330 g/mol. The second kappa shape index (κ2) is 7.68. The van der Waals surface area contributed by atoms with Gasteiger partial charge in [-0.1, -0.05) is 24.4 Å². The summed E-state index contributed by atoms with van der Waals surface area (Å²) in [5.41, 5.74) is 0. The number of nitrogens with zero attached hydrogens (tertiary/aromatic N) is 2. The number of rotatable bonds is 7. The minimum atomic E-state index is -3.27. The highest BCUT2D eigenvalue weighted by Gasteiger charge is 2.20. The largest absolute Gasteiger partial charge is 0.347 e. The number of nitrogens with one attached hydrogen (secondary N) is 2. The van der Waals surface area contributed by atoms with Gasteiger partial charge in [0.25, 0.3) is 0 Å². The van der Waals surface area contributed by atoms with Gasteiger partial charge in [0.15, 0.2) is 5.82 Å². The predicted octanol–water partition coefficient (Wildman–Crippen LogP) is 0.673. The van der Waals surface area contributed by atoms with Crippen LogP contribution in [0.2, 0.25) is 0 Å². The maximum absolute atomic E-state index is 11.6. The first kappa shape index (κ1) is 16.9. The number of aromatic nitrogens is 2. The maximum Gasteiger partial charge on any atom is 0.246 e. The molecular formula is C13H22N4O4S. The van der Waals surface area contributed by atoms with Crippen molar-refractivity contribution in [3.63, 3.8) is 0 Å². The van der Waals surface area contributed by atoms with E-state index in [-0.39, 0.29) is 25.4 Å². The smallest absolute Gasteiger partial charge is 0.246 e. The summed E-state index contributed by atoms with van der Waals surface area (Å²) in [6.07, 6.45) is 6.94. The lowest BCUT2D eigenvalue weighted by Gasteiger charge is -2.17. The minimum absolute atomic E-state index is 0.0662. The average molecular weight is 330 g/mol. The summed E-state index contributed by atoms with van der Waals surface area (Å²) in [7, 11) is -3.27. The molecule has 1 fully saturated rings. The van der Waals surface area contributed by atoms with Gasteiger partial charge >= 0.3 is 0 Å². The van der Waals surface area contributed by atoms with Crippen LogP contribution in [0.1, 0.15) is 56.2 Å². The molecule has 0 aromatic carbocycles. The third kappa shape index (κ3) is 5.72. The Kier molecular flexibility index (Phi) is 5.90. The van der Waals surface area contributed by atoms with Crippen LogP contribution in [-0.4, -0.2) is 37.3 Å². The lowest BCUT2D eigenvalue weighted by atomic mass is 9.89. The molecule has 0 spiro atoms. The van der Waals surface area contributed by atoms with Gasteiger partial charge in [0.05, 0.1) is 12.8 Å². The molecule has 1 aliphatic rings. The molecule has 22 heavy (non-hydrogen) atoms. The van der Waals surface area contributed by atoms with Crippen LogP contribution in [0.15, 0.2) is 4.52 Å². The molecule has 2 rings (SSSR count). The van der Waals surface area contributed by atoms with Gasteiger partial charge in [0, 0.05) is 18.9 Å². The van der Waals surface area contributed by atoms with E-state index in [2.05, 4.69) is 20.2 Å². The molecule has 1 saturated carbocycles. The summed E-state index contributed by atoms with van der Waals surface area (Å²) in [5, 5.41) is 6.61. The number of carbonyl (C=O) groups is 1. The summed E-state index contributed by atoms with van der Waals surface area (Å²) in [4.78, 5) is 15.9. The van der Waals surface area contributed by atoms with Gasteiger partial charge in [-0.25, -0.2) is 13.1 Å². The summed E-state index contributed by atoms with van der Waals surface area (Å²) in [5.74, 6) is 1.20. The van der Waals surface area contributed by atoms with Gasteiger partial charge in [-0.15, -0.1) is 0 Å². The average Bonchev–Trinajstić information content (AvgIpc) is 2.94. The second-order valence-corrected chi connectivity index (χ2v) is 7.41. The van der Waals surface area contributed by atoms with E-state index >= 15 is 0 Å². The quantitative estimate of drug-likeness (QED) is 0.759. The minimum Gasteiger partial charge on any atom is -0.347 e. The molecule has 1 aliphatic carbocycles. The molecule has 124 valence electrons. The Balaban J connectivity index is 1.72. The van der Waals surface area contributed by atoms with Crippen molar-refractivity contribution in [1.29, 1.82) is 0 Å². The molecule has 0 bridgehead atoms. The molecule has 1 heterocycles. The Morgan fingerprint density at radius 2 is 2.05 bits per heavy atom. The van der Waals surface area contributed by atoms with Crippen molar-refractivity contribution in [2.24, 2.45) is 0 Å². The van der Waals surface area contributed by atoms with Crippen molar-refractivity contribution in [1.82, 2.24) is 20.2 Å². The van der Waals surface area contributed by atoms with Crippen molar-refractivity contribution >= 4 is 15.9 Å². The lowest BCUT2D eigenvalue weighted by Crippen LogP contribution is -2.29. The van der Waals surface area contributed by atoms with E-state index in [4.69, 9.17) is 4.52 Å². The molecule has 0 saturated heterocycles. The molecule has 0 atom stereocenters. The van der Waals surface area contributed by atoms with Crippen molar-refractivity contribution in [2.45, 2.75) is 51.0 Å². The topological polar surface area (TPSA) is 114 Å². The molecule has 9 heteroatoms. The predicted molar refractivity (Wildman–Crippen MR) is 79.4 cm³/mol. The Bertz CT molecular complexity index is 593. The highest BCUT2D eigenvalue weighted by molar-refractivity contribution is 7.88. The zero-order valence-corrected chi connectivity index (χ0v) is 13.5. The van der Waals surface area contributed by atoms with E-state index in [9.17, 15) is 13.2 Å². The third-order valence-corrected chi connectivity index (χ3v) is 4.34. The van der Waals surface area contributed by atoms with Crippen LogP contribution in [0, 0.1) is 0 Å². The van der Waals surface area contributed by atoms with Gasteiger partial charge in [0.2, 0.25) is 21.8 Å². The third-order valence-electron chi connectivity index (χ3n) is 3.61. The van der Waals surface area contributed by atoms with Crippen LogP contribution >= 0.6 is 0 Å². The molecule has 8 nitrogen and oxygen atoms in total. The first-order valence-electron chi connectivity index (χ1n) is 7.48. The van der Waals surface area contributed by atoms with Crippen LogP contribution in [0.5, 0.6) is 0 Å². The van der Waals surface area contributed by atoms with E-state index < -0.39 is 10.0 Å². The van der Waals surface area contributed by atoms with Crippen LogP contribution in [-0.2, 0) is 21.4 Å². The van der Waals surface area contributed by atoms with Crippen LogP contribution in [0.25, 0.3) is 0 Å². The van der Waals surface area contributed by atoms with Crippen LogP contribution < -0.4 is 10.0 Å². The SMILES string of the molecule is CS(=O)(=O)NCCC(=O)NCc1nc(C2CCCCC2)no1. The molecule has 1 aromatic rings. The molecule has 0 unspecified atom stereocenters. The van der Waals surface area contributed by atoms with Gasteiger partial charge in [-0.3, -0.25) is 4.79 Å². The fourth-order valence-electron chi connectivity index (χ4n) is 2.48. The molecular weight excluding hydrogens is 308 g/mol. The molecule has 0 radical (unpaired) electrons. The summed E-state index contributed by atoms with van der Waals surface area (Å²) >= 11 is 0. The fourth-order valence-corrected chi connectivity index (χ4v) is 2.95. The van der Waals surface area contributed by atoms with Crippen molar-refractivity contribution in [2.75, 3.05) is 12.8 Å². The van der Waals surface area contributed by atoms with Crippen LogP contribution in [0.3, 0.4) is 0 Å². The molecule has 1 aromatic heterocycles. The molecule has 2 N–H and O–H groups in total. The van der Waals surface area contributed by atoms with Crippen molar-refractivity contribution < 1.29 is 17.7 Å². The first-order valence-corrected chi connectivity index (χ1v) is 9.37. The highest BCUT2D eigenvalue weighted by Crippen LogP contribution is 2.30. The van der Waals surface area contributed by atoms with Gasteiger partial charge in [0.1, 0.15) is 0 Å². The Labute approximate surface area is 130 Å². The second-order valence-electron chi connectivity index (χ2n) is 5.57. The van der Waals surface area contributed by atoms with Crippen molar-refractivity contribution in [3.8, 4) is 0 Å². The zero-order chi connectivity index (χ0) is 16.0. The van der Waals surface area contributed by atoms with E-state index in [0.717, 1.165) is 24.9 Å². The Morgan fingerprint density at radius 1 is 1.32 bits per heavy atom. The van der Waals surface area contributed by atoms with E-state index in [1.54, 1.807) is 0 Å². The number of hydrogen-bond acceptors (Lipinski definition) is 6. The Hall–Kier alpha value is -1.48. The fraction of sp³-hybridized carbons (Fsp3) is 0.769. The highest BCUT2D eigenvalue weighted by atomic mass is 32.2. The Morgan fingerprint density at radius 3 is 2.73 bits per heavy atom. The number of hydrogen-bond donors (Lipinski definition) is 2. The summed E-state index contributed by atoms with van der Waals surface area (Å²) < 4.78 is 29.1. The van der Waals surface area contributed by atoms with Crippen LogP contribution in [0.4, 0.5) is 0 Å². The maximum atomic E-state index is 11.6. The lowest BCUT2D eigenvalue weighted by molar-refractivity contribution is -0.121. The summed E-state index contributed by atoms with van der Waals surface area (Å²) in [6.45, 7) is 0.235. The normalized spacial score (nSPS) is 16.6. The number of carbonyl (C=O) groups excluding carboxylic acids is 1. The van der Waals surface area contributed by atoms with Crippen molar-refractivity contribution in [3.05, 3.63) is 11.7 Å². The number of sulfonamides is 1. The van der Waals surface area contributed by atoms with Gasteiger partial charge in [-0.2, -0.15) is 4.98 Å². The standard InChI is InChI=1S/C13H22N4O4S/c1-22(19,20)15-8-7-11(18)14-9-12-16-13(17-21-12)10-5-3-2-4-6-10/h10,15H,2-9H2,1H3,(H,14,18). The van der Waals surface area contributed by atoms with E-state index in [1.165, 1.54) is 19.3 Å². The van der Waals surface area contributed by atoms with Gasteiger partial charge in [-0.05, 0) is 12.8 Å². The van der Waals surface area contributed by atoms with Gasteiger partial charge < -0.3 is 9.84 Å². The number of amides is 1. The molecule has 0 aliphatic heterocycles. The summed E-state index contributed by atoms with van der Waals surface area (Å²) in [6, 6.07) is 0. The molecule has 1 amide bonds. The first-order chi connectivity index (χ1) is 10.4. The van der Waals surface area contributed by atoms with E-state index in [1.807, 2.05) is 0 Å². The zero-order valence-electron chi connectivity index (χ0n) is 12.7. The van der Waals surface area contributed by atoms with E-state index in [0.29, 0.717) is 11.8 Å².